The van der Waals surface area contributed by atoms with Gasteiger partial charge in [0.05, 0.1) is 43.8 Å². The van der Waals surface area contributed by atoms with Gasteiger partial charge in [-0.1, -0.05) is 18.2 Å². The number of hydrogen-bond donors (Lipinski definition) is 0. The van der Waals surface area contributed by atoms with E-state index in [9.17, 15) is 4.79 Å². The standard InChI is InChI=1S/C29H36N4O6/c1-4-37-29(38-5-2)33-23-10-7-6-9-20(23)26(28(33)34)27-21-17-24(35-3)25(18-22(21)30-19-31-27)39-14-8-11-32-12-15-36-16-13-32/h6-7,9-10,17-19,26,29H,4-5,8,11-16H2,1-3H3. The minimum absolute atomic E-state index is 0.162. The molecule has 2 aliphatic rings. The summed E-state index contributed by atoms with van der Waals surface area (Å²) in [6.45, 7) is 9.55. The Labute approximate surface area is 228 Å². The SMILES string of the molecule is CCOC(OCC)N1C(=O)C(c2ncnc3cc(OCCCN4CCOCC4)c(OC)cc23)c2ccccc21. The van der Waals surface area contributed by atoms with Crippen LogP contribution in [0.2, 0.25) is 0 Å². The average Bonchev–Trinajstić information content (AvgIpc) is 3.26. The van der Waals surface area contributed by atoms with Crippen molar-refractivity contribution in [3.63, 3.8) is 0 Å². The molecule has 0 N–H and O–H groups in total. The number of aromatic nitrogens is 2. The van der Waals surface area contributed by atoms with Crippen molar-refractivity contribution in [3.8, 4) is 11.5 Å². The Hall–Kier alpha value is -3.31. The molecule has 2 aromatic carbocycles. The van der Waals surface area contributed by atoms with Gasteiger partial charge in [-0.25, -0.2) is 9.97 Å². The summed E-state index contributed by atoms with van der Waals surface area (Å²) in [4.78, 5) is 27.0. The molecule has 208 valence electrons. The Kier molecular flexibility index (Phi) is 8.88. The summed E-state index contributed by atoms with van der Waals surface area (Å²) in [7, 11) is 1.61. The fraction of sp³-hybridized carbons (Fsp3) is 0.483. The third-order valence-corrected chi connectivity index (χ3v) is 7.03. The normalized spacial score (nSPS) is 17.7. The van der Waals surface area contributed by atoms with Crippen molar-refractivity contribution < 1.29 is 28.5 Å². The molecule has 0 aliphatic carbocycles. The molecule has 2 aliphatic heterocycles. The van der Waals surface area contributed by atoms with Gasteiger partial charge in [0.25, 0.3) is 0 Å². The fourth-order valence-corrected chi connectivity index (χ4v) is 5.19. The van der Waals surface area contributed by atoms with Gasteiger partial charge in [0.15, 0.2) is 11.5 Å². The number of carbonyl (C=O) groups excluding carboxylic acids is 1. The van der Waals surface area contributed by atoms with E-state index in [1.807, 2.05) is 50.2 Å². The second kappa shape index (κ2) is 12.7. The second-order valence-electron chi connectivity index (χ2n) is 9.35. The predicted molar refractivity (Wildman–Crippen MR) is 146 cm³/mol. The molecule has 5 rings (SSSR count). The summed E-state index contributed by atoms with van der Waals surface area (Å²) < 4.78 is 28.9. The number of fused-ring (bicyclic) bond motifs is 2. The van der Waals surface area contributed by atoms with E-state index >= 15 is 0 Å². The van der Waals surface area contributed by atoms with E-state index < -0.39 is 12.3 Å². The number of ether oxygens (including phenoxy) is 5. The van der Waals surface area contributed by atoms with Gasteiger partial charge in [-0.2, -0.15) is 0 Å². The zero-order valence-electron chi connectivity index (χ0n) is 22.8. The molecule has 1 saturated heterocycles. The molecule has 3 aromatic rings. The number of nitrogens with zero attached hydrogens (tertiary/aromatic N) is 4. The topological polar surface area (TPSA) is 95.5 Å². The molecule has 10 heteroatoms. The van der Waals surface area contributed by atoms with Gasteiger partial charge in [-0.15, -0.1) is 0 Å². The number of methoxy groups -OCH3 is 1. The van der Waals surface area contributed by atoms with Crippen molar-refractivity contribution in [2.24, 2.45) is 0 Å². The van der Waals surface area contributed by atoms with E-state index in [1.165, 1.54) is 6.33 Å². The highest BCUT2D eigenvalue weighted by molar-refractivity contribution is 6.08. The third kappa shape index (κ3) is 5.69. The molecule has 1 unspecified atom stereocenters. The van der Waals surface area contributed by atoms with Crippen molar-refractivity contribution in [1.29, 1.82) is 0 Å². The average molecular weight is 537 g/mol. The minimum atomic E-state index is -0.821. The molecular weight excluding hydrogens is 500 g/mol. The van der Waals surface area contributed by atoms with Crippen LogP contribution in [0.3, 0.4) is 0 Å². The Morgan fingerprint density at radius 3 is 2.56 bits per heavy atom. The molecule has 0 radical (unpaired) electrons. The summed E-state index contributed by atoms with van der Waals surface area (Å²) in [5, 5.41) is 0.731. The maximum absolute atomic E-state index is 14.0. The zero-order chi connectivity index (χ0) is 27.2. The number of hydrogen-bond acceptors (Lipinski definition) is 9. The number of anilines is 1. The molecule has 1 amide bonds. The van der Waals surface area contributed by atoms with Gasteiger partial charge in [0.2, 0.25) is 12.3 Å². The van der Waals surface area contributed by atoms with Crippen molar-refractivity contribution >= 4 is 22.5 Å². The molecule has 0 bridgehead atoms. The zero-order valence-corrected chi connectivity index (χ0v) is 22.8. The lowest BCUT2D eigenvalue weighted by Crippen LogP contribution is -2.42. The van der Waals surface area contributed by atoms with Gasteiger partial charge in [0.1, 0.15) is 12.2 Å². The largest absolute Gasteiger partial charge is 0.493 e. The summed E-state index contributed by atoms with van der Waals surface area (Å²) in [6, 6.07) is 11.4. The first kappa shape index (κ1) is 27.3. The molecule has 1 aromatic heterocycles. The lowest BCUT2D eigenvalue weighted by molar-refractivity contribution is -0.149. The van der Waals surface area contributed by atoms with Crippen LogP contribution in [0.15, 0.2) is 42.7 Å². The number of carbonyl (C=O) groups is 1. The molecule has 3 heterocycles. The van der Waals surface area contributed by atoms with E-state index in [-0.39, 0.29) is 5.91 Å². The van der Waals surface area contributed by atoms with Crippen LogP contribution in [0.1, 0.15) is 37.4 Å². The Morgan fingerprint density at radius 1 is 1.05 bits per heavy atom. The molecule has 0 spiro atoms. The monoisotopic (exact) mass is 536 g/mol. The summed E-state index contributed by atoms with van der Waals surface area (Å²) >= 11 is 0. The maximum atomic E-state index is 14.0. The molecule has 39 heavy (non-hydrogen) atoms. The van der Waals surface area contributed by atoms with Crippen LogP contribution in [-0.4, -0.2) is 87.0 Å². The van der Waals surface area contributed by atoms with E-state index in [0.717, 1.165) is 55.9 Å². The van der Waals surface area contributed by atoms with E-state index in [2.05, 4.69) is 14.9 Å². The van der Waals surface area contributed by atoms with E-state index in [4.69, 9.17) is 23.7 Å². The Balaban J connectivity index is 1.43. The third-order valence-electron chi connectivity index (χ3n) is 7.03. The number of morpholine rings is 1. The molecular formula is C29H36N4O6. The predicted octanol–water partition coefficient (Wildman–Crippen LogP) is 3.57. The lowest BCUT2D eigenvalue weighted by atomic mass is 9.94. The number of rotatable bonds is 12. The first-order valence-electron chi connectivity index (χ1n) is 13.6. The quantitative estimate of drug-likeness (QED) is 0.254. The van der Waals surface area contributed by atoms with Crippen molar-refractivity contribution in [2.75, 3.05) is 64.7 Å². The van der Waals surface area contributed by atoms with Gasteiger partial charge in [-0.3, -0.25) is 14.6 Å². The minimum Gasteiger partial charge on any atom is -0.493 e. The number of para-hydroxylation sites is 1. The Bertz CT molecular complexity index is 1280. The molecule has 0 saturated carbocycles. The highest BCUT2D eigenvalue weighted by atomic mass is 16.7. The lowest BCUT2D eigenvalue weighted by Gasteiger charge is -2.28. The van der Waals surface area contributed by atoms with E-state index in [0.29, 0.717) is 42.5 Å². The van der Waals surface area contributed by atoms with Crippen LogP contribution in [0.5, 0.6) is 11.5 Å². The Morgan fingerprint density at radius 2 is 1.82 bits per heavy atom. The highest BCUT2D eigenvalue weighted by Crippen LogP contribution is 2.44. The van der Waals surface area contributed by atoms with Crippen molar-refractivity contribution in [3.05, 3.63) is 54.0 Å². The van der Waals surface area contributed by atoms with Crippen LogP contribution in [0.25, 0.3) is 10.9 Å². The first-order chi connectivity index (χ1) is 19.2. The summed E-state index contributed by atoms with van der Waals surface area (Å²) in [6.07, 6.45) is 1.56. The number of benzene rings is 2. The number of amides is 1. The van der Waals surface area contributed by atoms with Gasteiger partial charge < -0.3 is 23.7 Å². The summed E-state index contributed by atoms with van der Waals surface area (Å²) in [5.41, 5.74) is 2.87. The van der Waals surface area contributed by atoms with Gasteiger partial charge >= 0.3 is 0 Å². The summed E-state index contributed by atoms with van der Waals surface area (Å²) in [5.74, 6) is 0.386. The van der Waals surface area contributed by atoms with Crippen LogP contribution in [0, 0.1) is 0 Å². The highest BCUT2D eigenvalue weighted by Gasteiger charge is 2.43. The van der Waals surface area contributed by atoms with Crippen LogP contribution >= 0.6 is 0 Å². The molecule has 10 nitrogen and oxygen atoms in total. The van der Waals surface area contributed by atoms with Crippen LogP contribution < -0.4 is 14.4 Å². The smallest absolute Gasteiger partial charge is 0.247 e. The maximum Gasteiger partial charge on any atom is 0.247 e. The fourth-order valence-electron chi connectivity index (χ4n) is 5.19. The second-order valence-corrected chi connectivity index (χ2v) is 9.35. The van der Waals surface area contributed by atoms with Gasteiger partial charge in [0, 0.05) is 44.3 Å². The van der Waals surface area contributed by atoms with Crippen molar-refractivity contribution in [1.82, 2.24) is 14.9 Å². The first-order valence-corrected chi connectivity index (χ1v) is 13.6. The molecule has 1 atom stereocenters. The van der Waals surface area contributed by atoms with Crippen LogP contribution in [-0.2, 0) is 19.0 Å². The van der Waals surface area contributed by atoms with Crippen molar-refractivity contribution in [2.45, 2.75) is 32.6 Å². The molecule has 1 fully saturated rings. The van der Waals surface area contributed by atoms with Crippen LogP contribution in [0.4, 0.5) is 5.69 Å². The van der Waals surface area contributed by atoms with E-state index in [1.54, 1.807) is 12.0 Å². The van der Waals surface area contributed by atoms with Gasteiger partial charge in [-0.05, 0) is 38.0 Å².